The van der Waals surface area contributed by atoms with Gasteiger partial charge in [-0.15, -0.1) is 11.3 Å². The molecule has 194 valence electrons. The summed E-state index contributed by atoms with van der Waals surface area (Å²) in [5.41, 5.74) is 10.5. The zero-order chi connectivity index (χ0) is 26.2. The quantitative estimate of drug-likeness (QED) is 0.222. The second-order valence-electron chi connectivity index (χ2n) is 7.94. The minimum absolute atomic E-state index is 0.0268. The van der Waals surface area contributed by atoms with Crippen molar-refractivity contribution in [3.8, 4) is 0 Å². The van der Waals surface area contributed by atoms with Crippen LogP contribution in [-0.4, -0.2) is 57.9 Å². The van der Waals surface area contributed by atoms with Crippen molar-refractivity contribution in [1.29, 1.82) is 0 Å². The number of aromatic nitrogens is 1. The smallest absolute Gasteiger partial charge is 0.405 e. The largest absolute Gasteiger partial charge is 0.418 e. The van der Waals surface area contributed by atoms with Crippen molar-refractivity contribution >= 4 is 56.0 Å². The van der Waals surface area contributed by atoms with Crippen LogP contribution in [0.2, 0.25) is 5.15 Å². The number of ether oxygens (including phenoxy) is 2. The van der Waals surface area contributed by atoms with Gasteiger partial charge in [0.2, 0.25) is 0 Å². The number of alkyl halides is 3. The number of aliphatic imine (C=N–C) groups is 1. The number of hydrogen-bond acceptors (Lipinski definition) is 10. The van der Waals surface area contributed by atoms with Gasteiger partial charge in [-0.1, -0.05) is 27.5 Å². The Morgan fingerprint density at radius 1 is 1.39 bits per heavy atom. The standard InChI is InChI=1S/C21H21BrClF3N6O3S/c22-9-1-2-10(21(24,25)26)13(5-9)30-12(3-4-27)18-17(33)16(19-14(35-18)7-34-19)32(29)6-11(28)20-31-15(23)8-36-20/h1-6,8,14,16-19,33H,7,27-29H2/b4-3?,11-6-,30-12?. The van der Waals surface area contributed by atoms with Gasteiger partial charge in [0.15, 0.2) is 0 Å². The summed E-state index contributed by atoms with van der Waals surface area (Å²) in [6.45, 7) is 0.198. The van der Waals surface area contributed by atoms with E-state index in [0.717, 1.165) is 12.3 Å². The van der Waals surface area contributed by atoms with Crippen LogP contribution in [0.3, 0.4) is 0 Å². The Bertz CT molecular complexity index is 1210. The molecular weight excluding hydrogens is 589 g/mol. The molecule has 3 heterocycles. The van der Waals surface area contributed by atoms with E-state index in [1.165, 1.54) is 40.8 Å². The van der Waals surface area contributed by atoms with Crippen molar-refractivity contribution in [1.82, 2.24) is 9.99 Å². The summed E-state index contributed by atoms with van der Waals surface area (Å²) >= 11 is 10.2. The van der Waals surface area contributed by atoms with E-state index < -0.39 is 42.2 Å². The van der Waals surface area contributed by atoms with Crippen molar-refractivity contribution in [2.24, 2.45) is 22.3 Å². The lowest BCUT2D eigenvalue weighted by Gasteiger charge is -2.52. The second-order valence-corrected chi connectivity index (χ2v) is 10.1. The Kier molecular flexibility index (Phi) is 7.95. The molecule has 5 atom stereocenters. The van der Waals surface area contributed by atoms with Crippen molar-refractivity contribution in [3.05, 3.63) is 62.3 Å². The third-order valence-corrected chi connectivity index (χ3v) is 7.27. The molecule has 2 fully saturated rings. The fourth-order valence-electron chi connectivity index (χ4n) is 3.91. The fourth-order valence-corrected chi connectivity index (χ4v) is 5.13. The van der Waals surface area contributed by atoms with Gasteiger partial charge < -0.3 is 31.1 Å². The molecule has 0 aliphatic carbocycles. The Balaban J connectivity index is 1.69. The number of aliphatic hydroxyl groups is 1. The summed E-state index contributed by atoms with van der Waals surface area (Å²) in [6.07, 6.45) is -4.59. The molecule has 2 saturated heterocycles. The number of halogens is 5. The van der Waals surface area contributed by atoms with Crippen LogP contribution in [-0.2, 0) is 15.7 Å². The number of nitrogens with zero attached hydrogens (tertiary/aromatic N) is 3. The van der Waals surface area contributed by atoms with E-state index in [1.54, 1.807) is 5.38 Å². The van der Waals surface area contributed by atoms with Gasteiger partial charge in [-0.2, -0.15) is 13.2 Å². The van der Waals surface area contributed by atoms with Gasteiger partial charge in [0.25, 0.3) is 0 Å². The number of aliphatic hydroxyl groups excluding tert-OH is 1. The monoisotopic (exact) mass is 608 g/mol. The molecule has 2 aromatic rings. The van der Waals surface area contributed by atoms with Crippen LogP contribution in [0.5, 0.6) is 0 Å². The summed E-state index contributed by atoms with van der Waals surface area (Å²) in [6, 6.07) is 2.51. The number of nitrogens with two attached hydrogens (primary N) is 3. The Morgan fingerprint density at radius 3 is 2.72 bits per heavy atom. The Labute approximate surface area is 221 Å². The summed E-state index contributed by atoms with van der Waals surface area (Å²) in [7, 11) is 0. The van der Waals surface area contributed by atoms with Crippen LogP contribution >= 0.6 is 38.9 Å². The summed E-state index contributed by atoms with van der Waals surface area (Å²) < 4.78 is 52.7. The van der Waals surface area contributed by atoms with Crippen LogP contribution < -0.4 is 17.3 Å². The van der Waals surface area contributed by atoms with Crippen molar-refractivity contribution in [2.75, 3.05) is 6.61 Å². The molecule has 2 aliphatic rings. The minimum atomic E-state index is -4.66. The first-order valence-electron chi connectivity index (χ1n) is 10.4. The number of hydrogen-bond donors (Lipinski definition) is 4. The molecule has 0 saturated carbocycles. The number of benzene rings is 1. The first kappa shape index (κ1) is 26.9. The van der Waals surface area contributed by atoms with Gasteiger partial charge >= 0.3 is 6.18 Å². The minimum Gasteiger partial charge on any atom is -0.405 e. The van der Waals surface area contributed by atoms with Gasteiger partial charge in [0.05, 0.1) is 29.3 Å². The fraction of sp³-hybridized carbons (Fsp3) is 0.333. The predicted molar refractivity (Wildman–Crippen MR) is 133 cm³/mol. The highest BCUT2D eigenvalue weighted by Crippen LogP contribution is 2.39. The van der Waals surface area contributed by atoms with Crippen LogP contribution in [0.25, 0.3) is 5.70 Å². The van der Waals surface area contributed by atoms with Gasteiger partial charge in [-0.05, 0) is 30.5 Å². The van der Waals surface area contributed by atoms with Gasteiger partial charge in [0.1, 0.15) is 40.6 Å². The maximum absolute atomic E-state index is 13.6. The first-order valence-corrected chi connectivity index (χ1v) is 12.4. The Hall–Kier alpha value is -2.20. The van der Waals surface area contributed by atoms with Gasteiger partial charge in [-0.3, -0.25) is 0 Å². The lowest BCUT2D eigenvalue weighted by Crippen LogP contribution is -2.71. The van der Waals surface area contributed by atoms with E-state index in [1.807, 2.05) is 0 Å². The SMILES string of the molecule is NC=CC(=Nc1cc(Br)ccc1C(F)(F)F)C1OC2COC2C(N(N)/C=C(\N)c2nc(Cl)cs2)C1O. The van der Waals surface area contributed by atoms with E-state index in [4.69, 9.17) is 38.4 Å². The third-order valence-electron chi connectivity index (χ3n) is 5.57. The molecule has 4 rings (SSSR count). The molecule has 1 aromatic carbocycles. The van der Waals surface area contributed by atoms with Crippen LogP contribution in [0, 0.1) is 0 Å². The highest BCUT2D eigenvalue weighted by Gasteiger charge is 2.53. The Morgan fingerprint density at radius 2 is 2.14 bits per heavy atom. The van der Waals surface area contributed by atoms with Crippen LogP contribution in [0.15, 0.2) is 51.5 Å². The van der Waals surface area contributed by atoms with E-state index in [0.29, 0.717) is 9.48 Å². The molecule has 15 heteroatoms. The maximum Gasteiger partial charge on any atom is 0.418 e. The topological polar surface area (TPSA) is 145 Å². The van der Waals surface area contributed by atoms with E-state index >= 15 is 0 Å². The molecule has 9 nitrogen and oxygen atoms in total. The van der Waals surface area contributed by atoms with Crippen LogP contribution in [0.4, 0.5) is 18.9 Å². The lowest BCUT2D eigenvalue weighted by atomic mass is 9.87. The summed E-state index contributed by atoms with van der Waals surface area (Å²) in [5.74, 6) is 6.25. The highest BCUT2D eigenvalue weighted by molar-refractivity contribution is 9.10. The number of rotatable bonds is 6. The van der Waals surface area contributed by atoms with Gasteiger partial charge in [0, 0.05) is 16.1 Å². The predicted octanol–water partition coefficient (Wildman–Crippen LogP) is 3.15. The average Bonchev–Trinajstić information content (AvgIpc) is 3.21. The molecule has 0 amide bonds. The molecule has 7 N–H and O–H groups in total. The summed E-state index contributed by atoms with van der Waals surface area (Å²) in [5, 5.41) is 14.7. The highest BCUT2D eigenvalue weighted by atomic mass is 79.9. The molecule has 1 aromatic heterocycles. The van der Waals surface area contributed by atoms with Crippen LogP contribution in [0.1, 0.15) is 10.6 Å². The van der Waals surface area contributed by atoms with Gasteiger partial charge in [-0.25, -0.2) is 15.8 Å². The van der Waals surface area contributed by atoms with Crippen molar-refractivity contribution < 1.29 is 27.8 Å². The molecule has 36 heavy (non-hydrogen) atoms. The molecule has 5 unspecified atom stereocenters. The molecule has 0 spiro atoms. The zero-order valence-electron chi connectivity index (χ0n) is 18.3. The molecular formula is C21H21BrClF3N6O3S. The number of fused-ring (bicyclic) bond motifs is 1. The van der Waals surface area contributed by atoms with E-state index in [-0.39, 0.29) is 28.9 Å². The second kappa shape index (κ2) is 10.7. The average molecular weight is 610 g/mol. The third kappa shape index (κ3) is 5.54. The van der Waals surface area contributed by atoms with Crippen molar-refractivity contribution in [2.45, 2.75) is 36.6 Å². The first-order chi connectivity index (χ1) is 17.0. The number of hydrazine groups is 1. The molecule has 2 aliphatic heterocycles. The number of thiazole rings is 1. The van der Waals surface area contributed by atoms with Crippen molar-refractivity contribution in [3.63, 3.8) is 0 Å². The summed E-state index contributed by atoms with van der Waals surface area (Å²) in [4.78, 5) is 8.27. The molecule has 0 radical (unpaired) electrons. The maximum atomic E-state index is 13.6. The molecule has 0 bridgehead atoms. The lowest BCUT2D eigenvalue weighted by molar-refractivity contribution is -0.273. The normalized spacial score (nSPS) is 27.1. The van der Waals surface area contributed by atoms with E-state index in [9.17, 15) is 18.3 Å². The van der Waals surface area contributed by atoms with E-state index in [2.05, 4.69) is 25.9 Å². The zero-order valence-corrected chi connectivity index (χ0v) is 21.4.